The Morgan fingerprint density at radius 3 is 2.57 bits per heavy atom. The first kappa shape index (κ1) is 15.5. The summed E-state index contributed by atoms with van der Waals surface area (Å²) in [5.74, 6) is -0.0115. The van der Waals surface area contributed by atoms with E-state index in [0.717, 1.165) is 0 Å². The fourth-order valence-corrected chi connectivity index (χ4v) is 2.16. The zero-order valence-electron chi connectivity index (χ0n) is 11.2. The number of para-hydroxylation sites is 1. The number of benzene rings is 2. The van der Waals surface area contributed by atoms with Gasteiger partial charge in [-0.2, -0.15) is 0 Å². The third kappa shape index (κ3) is 3.60. The van der Waals surface area contributed by atoms with Crippen LogP contribution in [0, 0.1) is 0 Å². The molecule has 2 aromatic rings. The van der Waals surface area contributed by atoms with E-state index >= 15 is 0 Å². The number of rotatable bonds is 4. The van der Waals surface area contributed by atoms with E-state index < -0.39 is 5.97 Å². The third-order valence-corrected chi connectivity index (χ3v) is 3.20. The number of carbonyl (C=O) groups excluding carboxylic acids is 1. The Morgan fingerprint density at radius 1 is 1.19 bits per heavy atom. The topological polar surface area (TPSA) is 61.5 Å². The maximum absolute atomic E-state index is 12.0. The Morgan fingerprint density at radius 2 is 1.90 bits per heavy atom. The first-order chi connectivity index (χ1) is 10.0. The number of nitrogens with two attached hydrogens (primary N) is 1. The van der Waals surface area contributed by atoms with Crippen molar-refractivity contribution >= 4 is 34.9 Å². The molecule has 0 radical (unpaired) electrons. The van der Waals surface area contributed by atoms with Crippen LogP contribution in [-0.2, 0) is 4.74 Å². The zero-order valence-corrected chi connectivity index (χ0v) is 12.7. The molecule has 0 atom stereocenters. The van der Waals surface area contributed by atoms with E-state index in [2.05, 4.69) is 0 Å². The molecule has 4 nitrogen and oxygen atoms in total. The van der Waals surface area contributed by atoms with Crippen molar-refractivity contribution in [2.75, 3.05) is 12.3 Å². The van der Waals surface area contributed by atoms with Gasteiger partial charge in [-0.1, -0.05) is 35.3 Å². The lowest BCUT2D eigenvalue weighted by molar-refractivity contribution is 0.0523. The highest BCUT2D eigenvalue weighted by Crippen LogP contribution is 2.37. The molecule has 0 unspecified atom stereocenters. The van der Waals surface area contributed by atoms with Crippen LogP contribution >= 0.6 is 23.2 Å². The van der Waals surface area contributed by atoms with Gasteiger partial charge in [-0.05, 0) is 31.2 Å². The van der Waals surface area contributed by atoms with Gasteiger partial charge in [0, 0.05) is 5.69 Å². The standard InChI is InChI=1S/C15H13Cl2NO3/c1-2-20-15(19)10-7-9(18)8-12(17)14(10)21-13-6-4-3-5-11(13)16/h3-8H,2,18H2,1H3. The van der Waals surface area contributed by atoms with Gasteiger partial charge >= 0.3 is 5.97 Å². The van der Waals surface area contributed by atoms with E-state index in [-0.39, 0.29) is 22.9 Å². The molecule has 0 aliphatic heterocycles. The van der Waals surface area contributed by atoms with Crippen molar-refractivity contribution in [1.82, 2.24) is 0 Å². The lowest BCUT2D eigenvalue weighted by Gasteiger charge is -2.14. The molecule has 0 saturated heterocycles. The van der Waals surface area contributed by atoms with Crippen LogP contribution in [0.25, 0.3) is 0 Å². The van der Waals surface area contributed by atoms with E-state index in [1.807, 2.05) is 0 Å². The van der Waals surface area contributed by atoms with Gasteiger partial charge in [0.2, 0.25) is 0 Å². The lowest BCUT2D eigenvalue weighted by atomic mass is 10.1. The molecule has 0 fully saturated rings. The summed E-state index contributed by atoms with van der Waals surface area (Å²) in [6.45, 7) is 1.94. The first-order valence-electron chi connectivity index (χ1n) is 6.21. The molecule has 0 bridgehead atoms. The molecule has 2 N–H and O–H groups in total. The molecule has 2 aromatic carbocycles. The van der Waals surface area contributed by atoms with Crippen molar-refractivity contribution < 1.29 is 14.3 Å². The molecule has 0 amide bonds. The van der Waals surface area contributed by atoms with Crippen LogP contribution in [0.2, 0.25) is 10.0 Å². The molecular formula is C15H13Cl2NO3. The molecule has 0 aliphatic carbocycles. The lowest BCUT2D eigenvalue weighted by Crippen LogP contribution is -2.08. The van der Waals surface area contributed by atoms with Crippen molar-refractivity contribution in [1.29, 1.82) is 0 Å². The van der Waals surface area contributed by atoms with Crippen LogP contribution in [0.5, 0.6) is 11.5 Å². The quantitative estimate of drug-likeness (QED) is 0.662. The van der Waals surface area contributed by atoms with Gasteiger partial charge in [-0.25, -0.2) is 4.79 Å². The minimum absolute atomic E-state index is 0.154. The summed E-state index contributed by atoms with van der Waals surface area (Å²) >= 11 is 12.2. The predicted molar refractivity (Wildman–Crippen MR) is 83.3 cm³/mol. The number of hydrogen-bond donors (Lipinski definition) is 1. The smallest absolute Gasteiger partial charge is 0.342 e. The van der Waals surface area contributed by atoms with Gasteiger partial charge in [0.05, 0.1) is 16.7 Å². The summed E-state index contributed by atoms with van der Waals surface area (Å²) in [7, 11) is 0. The normalized spacial score (nSPS) is 10.2. The Balaban J connectivity index is 2.47. The first-order valence-corrected chi connectivity index (χ1v) is 6.97. The van der Waals surface area contributed by atoms with Crippen molar-refractivity contribution in [2.24, 2.45) is 0 Å². The van der Waals surface area contributed by atoms with Crippen molar-refractivity contribution in [3.8, 4) is 11.5 Å². The largest absolute Gasteiger partial charge is 0.462 e. The Kier molecular flexibility index (Phi) is 4.94. The maximum Gasteiger partial charge on any atom is 0.342 e. The highest BCUT2D eigenvalue weighted by molar-refractivity contribution is 6.33. The molecule has 0 aliphatic rings. The Labute approximate surface area is 132 Å². The average molecular weight is 326 g/mol. The molecule has 6 heteroatoms. The third-order valence-electron chi connectivity index (χ3n) is 2.61. The summed E-state index contributed by atoms with van der Waals surface area (Å²) in [5, 5.41) is 0.609. The van der Waals surface area contributed by atoms with Crippen molar-refractivity contribution in [3.63, 3.8) is 0 Å². The number of nitrogen functional groups attached to an aromatic ring is 1. The van der Waals surface area contributed by atoms with Crippen LogP contribution in [0.1, 0.15) is 17.3 Å². The molecule has 0 saturated carbocycles. The van der Waals surface area contributed by atoms with Gasteiger partial charge in [0.25, 0.3) is 0 Å². The molecule has 0 spiro atoms. The van der Waals surface area contributed by atoms with Gasteiger partial charge in [0.15, 0.2) is 5.75 Å². The minimum Gasteiger partial charge on any atom is -0.462 e. The number of ether oxygens (including phenoxy) is 2. The van der Waals surface area contributed by atoms with E-state index in [1.165, 1.54) is 12.1 Å². The van der Waals surface area contributed by atoms with Crippen molar-refractivity contribution in [3.05, 3.63) is 52.0 Å². The summed E-state index contributed by atoms with van der Waals surface area (Å²) < 4.78 is 10.7. The average Bonchev–Trinajstić information content (AvgIpc) is 2.43. The summed E-state index contributed by atoms with van der Waals surface area (Å²) in [6.07, 6.45) is 0. The fraction of sp³-hybridized carbons (Fsp3) is 0.133. The monoisotopic (exact) mass is 325 g/mol. The molecule has 110 valence electrons. The van der Waals surface area contributed by atoms with E-state index in [1.54, 1.807) is 31.2 Å². The number of hydrogen-bond acceptors (Lipinski definition) is 4. The highest BCUT2D eigenvalue weighted by atomic mass is 35.5. The highest BCUT2D eigenvalue weighted by Gasteiger charge is 2.19. The molecular weight excluding hydrogens is 313 g/mol. The van der Waals surface area contributed by atoms with Gasteiger partial charge in [-0.15, -0.1) is 0 Å². The number of anilines is 1. The van der Waals surface area contributed by atoms with Crippen LogP contribution in [-0.4, -0.2) is 12.6 Å². The van der Waals surface area contributed by atoms with Crippen LogP contribution in [0.15, 0.2) is 36.4 Å². The van der Waals surface area contributed by atoms with Gasteiger partial charge in [-0.3, -0.25) is 0 Å². The van der Waals surface area contributed by atoms with Crippen LogP contribution in [0.4, 0.5) is 5.69 Å². The zero-order chi connectivity index (χ0) is 15.4. The van der Waals surface area contributed by atoms with Crippen LogP contribution in [0.3, 0.4) is 0 Å². The van der Waals surface area contributed by atoms with E-state index in [0.29, 0.717) is 16.5 Å². The van der Waals surface area contributed by atoms with Gasteiger partial charge in [0.1, 0.15) is 11.3 Å². The number of halogens is 2. The van der Waals surface area contributed by atoms with E-state index in [9.17, 15) is 4.79 Å². The second-order valence-corrected chi connectivity index (χ2v) is 4.95. The summed E-state index contributed by atoms with van der Waals surface area (Å²) in [5.41, 5.74) is 6.21. The second-order valence-electron chi connectivity index (χ2n) is 4.13. The SMILES string of the molecule is CCOC(=O)c1cc(N)cc(Cl)c1Oc1ccccc1Cl. The van der Waals surface area contributed by atoms with Crippen molar-refractivity contribution in [2.45, 2.75) is 6.92 Å². The minimum atomic E-state index is -0.561. The Hall–Kier alpha value is -1.91. The second kappa shape index (κ2) is 6.70. The molecule has 0 aromatic heterocycles. The van der Waals surface area contributed by atoms with Crippen LogP contribution < -0.4 is 10.5 Å². The maximum atomic E-state index is 12.0. The van der Waals surface area contributed by atoms with Gasteiger partial charge < -0.3 is 15.2 Å². The molecule has 21 heavy (non-hydrogen) atoms. The summed E-state index contributed by atoms with van der Waals surface area (Å²) in [6, 6.07) is 9.82. The summed E-state index contributed by atoms with van der Waals surface area (Å²) in [4.78, 5) is 12.0. The Bertz CT molecular complexity index is 674. The number of carbonyl (C=O) groups is 1. The number of esters is 1. The molecule has 2 rings (SSSR count). The van der Waals surface area contributed by atoms with E-state index in [4.69, 9.17) is 38.4 Å². The molecule has 0 heterocycles. The predicted octanol–water partition coefficient (Wildman–Crippen LogP) is 4.54. The fourth-order valence-electron chi connectivity index (χ4n) is 1.72.